The third-order valence-electron chi connectivity index (χ3n) is 2.24. The van der Waals surface area contributed by atoms with Gasteiger partial charge in [0.15, 0.2) is 11.5 Å². The van der Waals surface area contributed by atoms with Crippen LogP contribution in [0.2, 0.25) is 0 Å². The van der Waals surface area contributed by atoms with E-state index in [1.54, 1.807) is 0 Å². The van der Waals surface area contributed by atoms with E-state index in [9.17, 15) is 9.18 Å². The van der Waals surface area contributed by atoms with Crippen LogP contribution in [0.25, 0.3) is 5.57 Å². The van der Waals surface area contributed by atoms with Crippen LogP contribution in [0.4, 0.5) is 4.39 Å². The molecule has 17 heavy (non-hydrogen) atoms. The molecule has 1 rings (SSSR count). The summed E-state index contributed by atoms with van der Waals surface area (Å²) in [5.74, 6) is -1.08. The van der Waals surface area contributed by atoms with Crippen molar-refractivity contribution in [1.29, 1.82) is 0 Å². The first-order chi connectivity index (χ1) is 7.99. The second kappa shape index (κ2) is 5.34. The van der Waals surface area contributed by atoms with Gasteiger partial charge in [-0.05, 0) is 18.6 Å². The molecule has 1 aromatic carbocycles. The van der Waals surface area contributed by atoms with Crippen molar-refractivity contribution in [2.75, 3.05) is 14.2 Å². The molecular formula is C12H13FO4. The van der Waals surface area contributed by atoms with Crippen molar-refractivity contribution in [3.63, 3.8) is 0 Å². The van der Waals surface area contributed by atoms with Crippen molar-refractivity contribution >= 4 is 11.5 Å². The SMILES string of the molecule is COc1cc(F)c(/C(C)=C/C(=O)O)cc1OC. The molecule has 0 spiro atoms. The average molecular weight is 240 g/mol. The predicted molar refractivity (Wildman–Crippen MR) is 60.8 cm³/mol. The van der Waals surface area contributed by atoms with E-state index in [-0.39, 0.29) is 11.3 Å². The maximum absolute atomic E-state index is 13.7. The summed E-state index contributed by atoms with van der Waals surface area (Å²) in [6.07, 6.45) is 0.935. The monoisotopic (exact) mass is 240 g/mol. The Kier molecular flexibility index (Phi) is 4.09. The van der Waals surface area contributed by atoms with Crippen LogP contribution in [-0.4, -0.2) is 25.3 Å². The van der Waals surface area contributed by atoms with Gasteiger partial charge in [-0.1, -0.05) is 0 Å². The number of allylic oxidation sites excluding steroid dienone is 1. The molecule has 0 heterocycles. The highest BCUT2D eigenvalue weighted by molar-refractivity contribution is 5.89. The fourth-order valence-corrected chi connectivity index (χ4v) is 1.42. The summed E-state index contributed by atoms with van der Waals surface area (Å²) in [5.41, 5.74) is 0.473. The molecule has 5 heteroatoms. The molecule has 1 aromatic rings. The number of ether oxygens (including phenoxy) is 2. The third-order valence-corrected chi connectivity index (χ3v) is 2.24. The number of benzene rings is 1. The van der Waals surface area contributed by atoms with Crippen LogP contribution in [0.5, 0.6) is 11.5 Å². The zero-order valence-corrected chi connectivity index (χ0v) is 9.78. The summed E-state index contributed by atoms with van der Waals surface area (Å²) in [4.78, 5) is 10.5. The van der Waals surface area contributed by atoms with Crippen LogP contribution < -0.4 is 9.47 Å². The van der Waals surface area contributed by atoms with Crippen LogP contribution in [0.3, 0.4) is 0 Å². The molecule has 0 amide bonds. The van der Waals surface area contributed by atoms with Crippen molar-refractivity contribution in [3.8, 4) is 11.5 Å². The maximum Gasteiger partial charge on any atom is 0.328 e. The predicted octanol–water partition coefficient (Wildman–Crippen LogP) is 2.33. The maximum atomic E-state index is 13.7. The summed E-state index contributed by atoms with van der Waals surface area (Å²) >= 11 is 0. The summed E-state index contributed by atoms with van der Waals surface area (Å²) in [6.45, 7) is 1.51. The lowest BCUT2D eigenvalue weighted by atomic mass is 10.1. The fraction of sp³-hybridized carbons (Fsp3) is 0.250. The quantitative estimate of drug-likeness (QED) is 0.820. The molecule has 4 nitrogen and oxygen atoms in total. The highest BCUT2D eigenvalue weighted by atomic mass is 19.1. The minimum Gasteiger partial charge on any atom is -0.493 e. The Morgan fingerprint density at radius 2 is 1.82 bits per heavy atom. The largest absolute Gasteiger partial charge is 0.493 e. The molecule has 0 saturated carbocycles. The van der Waals surface area contributed by atoms with Crippen LogP contribution in [-0.2, 0) is 4.79 Å². The fourth-order valence-electron chi connectivity index (χ4n) is 1.42. The highest BCUT2D eigenvalue weighted by Gasteiger charge is 2.12. The van der Waals surface area contributed by atoms with Gasteiger partial charge in [0.1, 0.15) is 5.82 Å². The number of halogens is 1. The van der Waals surface area contributed by atoms with Gasteiger partial charge in [-0.2, -0.15) is 0 Å². The normalized spacial score (nSPS) is 11.2. The number of methoxy groups -OCH3 is 2. The third kappa shape index (κ3) is 2.96. The molecular weight excluding hydrogens is 227 g/mol. The molecule has 0 radical (unpaired) electrons. The molecule has 0 aliphatic carbocycles. The van der Waals surface area contributed by atoms with Crippen LogP contribution in [0.15, 0.2) is 18.2 Å². The Morgan fingerprint density at radius 1 is 1.29 bits per heavy atom. The topological polar surface area (TPSA) is 55.8 Å². The zero-order valence-electron chi connectivity index (χ0n) is 9.78. The minimum atomic E-state index is -1.13. The Morgan fingerprint density at radius 3 is 2.29 bits per heavy atom. The van der Waals surface area contributed by atoms with E-state index < -0.39 is 11.8 Å². The summed E-state index contributed by atoms with van der Waals surface area (Å²) in [6, 6.07) is 2.57. The van der Waals surface area contributed by atoms with Gasteiger partial charge in [0, 0.05) is 17.7 Å². The Hall–Kier alpha value is -2.04. The van der Waals surface area contributed by atoms with E-state index >= 15 is 0 Å². The van der Waals surface area contributed by atoms with E-state index in [1.807, 2.05) is 0 Å². The van der Waals surface area contributed by atoms with E-state index in [0.29, 0.717) is 11.3 Å². The molecule has 0 atom stereocenters. The van der Waals surface area contributed by atoms with Gasteiger partial charge in [0.25, 0.3) is 0 Å². The summed E-state index contributed by atoms with van der Waals surface area (Å²) in [5, 5.41) is 8.61. The van der Waals surface area contributed by atoms with Crippen LogP contribution in [0, 0.1) is 5.82 Å². The second-order valence-corrected chi connectivity index (χ2v) is 3.35. The van der Waals surface area contributed by atoms with Gasteiger partial charge in [-0.15, -0.1) is 0 Å². The molecule has 0 saturated heterocycles. The number of hydrogen-bond donors (Lipinski definition) is 1. The number of carboxylic acid groups (broad SMARTS) is 1. The van der Waals surface area contributed by atoms with Gasteiger partial charge < -0.3 is 14.6 Å². The average Bonchev–Trinajstić information content (AvgIpc) is 2.27. The number of rotatable bonds is 4. The van der Waals surface area contributed by atoms with E-state index in [1.165, 1.54) is 27.2 Å². The molecule has 0 aliphatic heterocycles. The van der Waals surface area contributed by atoms with Gasteiger partial charge >= 0.3 is 5.97 Å². The standard InChI is InChI=1S/C12H13FO4/c1-7(4-12(14)15)8-5-10(16-2)11(17-3)6-9(8)13/h4-6H,1-3H3,(H,14,15)/b7-4+. The van der Waals surface area contributed by atoms with E-state index in [4.69, 9.17) is 14.6 Å². The number of hydrogen-bond acceptors (Lipinski definition) is 3. The molecule has 0 unspecified atom stereocenters. The number of carbonyl (C=O) groups is 1. The van der Waals surface area contributed by atoms with Crippen molar-refractivity contribution in [3.05, 3.63) is 29.6 Å². The first-order valence-corrected chi connectivity index (χ1v) is 4.82. The van der Waals surface area contributed by atoms with E-state index in [0.717, 1.165) is 12.1 Å². The van der Waals surface area contributed by atoms with Crippen LogP contribution in [0.1, 0.15) is 12.5 Å². The number of aliphatic carboxylic acids is 1. The van der Waals surface area contributed by atoms with E-state index in [2.05, 4.69) is 0 Å². The Bertz CT molecular complexity index is 466. The van der Waals surface area contributed by atoms with Crippen LogP contribution >= 0.6 is 0 Å². The minimum absolute atomic E-state index is 0.171. The van der Waals surface area contributed by atoms with Crippen molar-refractivity contribution < 1.29 is 23.8 Å². The second-order valence-electron chi connectivity index (χ2n) is 3.35. The van der Waals surface area contributed by atoms with Gasteiger partial charge in [0.05, 0.1) is 14.2 Å². The Labute approximate surface area is 98.3 Å². The van der Waals surface area contributed by atoms with Gasteiger partial charge in [-0.25, -0.2) is 9.18 Å². The molecule has 92 valence electrons. The summed E-state index contributed by atoms with van der Waals surface area (Å²) in [7, 11) is 2.83. The lowest BCUT2D eigenvalue weighted by molar-refractivity contribution is -0.131. The molecule has 0 aromatic heterocycles. The Balaban J connectivity index is 3.31. The first-order valence-electron chi connectivity index (χ1n) is 4.82. The van der Waals surface area contributed by atoms with Crippen molar-refractivity contribution in [2.24, 2.45) is 0 Å². The number of carboxylic acids is 1. The lowest BCUT2D eigenvalue weighted by Gasteiger charge is -2.10. The molecule has 0 bridgehead atoms. The first kappa shape index (κ1) is 13.0. The van der Waals surface area contributed by atoms with Gasteiger partial charge in [-0.3, -0.25) is 0 Å². The molecule has 0 aliphatic rings. The van der Waals surface area contributed by atoms with Crippen molar-refractivity contribution in [1.82, 2.24) is 0 Å². The summed E-state index contributed by atoms with van der Waals surface area (Å²) < 4.78 is 23.6. The smallest absolute Gasteiger partial charge is 0.328 e. The zero-order chi connectivity index (χ0) is 13.0. The van der Waals surface area contributed by atoms with Crippen molar-refractivity contribution in [2.45, 2.75) is 6.92 Å². The highest BCUT2D eigenvalue weighted by Crippen LogP contribution is 2.32. The molecule has 0 fully saturated rings. The molecule has 1 N–H and O–H groups in total. The lowest BCUT2D eigenvalue weighted by Crippen LogP contribution is -1.97. The van der Waals surface area contributed by atoms with Gasteiger partial charge in [0.2, 0.25) is 0 Å².